The van der Waals surface area contributed by atoms with Gasteiger partial charge in [0.2, 0.25) is 6.54 Å². The Kier molecular flexibility index (Phi) is 10.4. The van der Waals surface area contributed by atoms with Gasteiger partial charge in [-0.3, -0.25) is 10.1 Å². The minimum Gasteiger partial charge on any atom is -0.394 e. The fraction of sp³-hybridized carbons (Fsp3) is 1.00. The molecule has 1 unspecified atom stereocenters. The van der Waals surface area contributed by atoms with E-state index in [2.05, 4.69) is 0 Å². The van der Waals surface area contributed by atoms with Gasteiger partial charge in [-0.1, -0.05) is 6.92 Å². The van der Waals surface area contributed by atoms with E-state index in [1.807, 2.05) is 6.92 Å². The van der Waals surface area contributed by atoms with Crippen LogP contribution in [0.5, 0.6) is 0 Å². The highest BCUT2D eigenvalue weighted by molar-refractivity contribution is 4.80. The molecule has 0 aliphatic carbocycles. The first-order valence-electron chi connectivity index (χ1n) is 4.84. The van der Waals surface area contributed by atoms with Crippen molar-refractivity contribution < 1.29 is 20.2 Å². The van der Waals surface area contributed by atoms with E-state index in [4.69, 9.17) is 26.8 Å². The van der Waals surface area contributed by atoms with Gasteiger partial charge < -0.3 is 26.8 Å². The lowest BCUT2D eigenvalue weighted by molar-refractivity contribution is -0.482. The fourth-order valence-corrected chi connectivity index (χ4v) is 0.471. The molecule has 0 aliphatic rings. The van der Waals surface area contributed by atoms with Crippen molar-refractivity contribution in [3.05, 3.63) is 10.1 Å². The minimum absolute atomic E-state index is 0.115. The summed E-state index contributed by atoms with van der Waals surface area (Å²) in [5.74, 6) is 0. The Morgan fingerprint density at radius 3 is 1.75 bits per heavy atom. The summed E-state index contributed by atoms with van der Waals surface area (Å²) in [5, 5.41) is 34.7. The molecule has 0 radical (unpaired) electrons. The maximum Gasteiger partial charge on any atom is 0.218 e. The smallest absolute Gasteiger partial charge is 0.218 e. The average Bonchev–Trinajstić information content (AvgIpc) is 2.28. The molecule has 0 aliphatic heterocycles. The Balaban J connectivity index is 0. The zero-order valence-electron chi connectivity index (χ0n) is 9.37. The first-order valence-corrected chi connectivity index (χ1v) is 4.84. The van der Waals surface area contributed by atoms with Gasteiger partial charge in [0.25, 0.3) is 0 Å². The summed E-state index contributed by atoms with van der Waals surface area (Å²) in [6, 6.07) is -0.273. The monoisotopic (exact) mass is 239 g/mol. The van der Waals surface area contributed by atoms with Crippen LogP contribution in [0.15, 0.2) is 0 Å². The van der Waals surface area contributed by atoms with Crippen molar-refractivity contribution in [3.63, 3.8) is 0 Å². The first-order chi connectivity index (χ1) is 7.35. The summed E-state index contributed by atoms with van der Waals surface area (Å²) in [6.07, 6.45) is 0.668. The second-order valence-electron chi connectivity index (χ2n) is 3.52. The van der Waals surface area contributed by atoms with Gasteiger partial charge in [0.05, 0.1) is 31.4 Å². The van der Waals surface area contributed by atoms with Gasteiger partial charge in [-0.25, -0.2) is 0 Å². The molecule has 7 N–H and O–H groups in total. The highest BCUT2D eigenvalue weighted by Crippen LogP contribution is 1.93. The van der Waals surface area contributed by atoms with Crippen LogP contribution in [0.4, 0.5) is 0 Å². The Morgan fingerprint density at radius 1 is 1.31 bits per heavy atom. The second-order valence-corrected chi connectivity index (χ2v) is 3.52. The van der Waals surface area contributed by atoms with Crippen LogP contribution in [0.2, 0.25) is 0 Å². The van der Waals surface area contributed by atoms with Crippen molar-refractivity contribution in [1.29, 1.82) is 0 Å². The number of rotatable bonds is 6. The molecule has 0 spiro atoms. The van der Waals surface area contributed by atoms with E-state index in [-0.39, 0.29) is 12.6 Å². The maximum atomic E-state index is 9.69. The second kappa shape index (κ2) is 9.43. The van der Waals surface area contributed by atoms with E-state index in [0.717, 1.165) is 0 Å². The van der Waals surface area contributed by atoms with Crippen molar-refractivity contribution in [2.45, 2.75) is 24.9 Å². The van der Waals surface area contributed by atoms with Gasteiger partial charge in [0.15, 0.2) is 0 Å². The van der Waals surface area contributed by atoms with Gasteiger partial charge in [-0.2, -0.15) is 0 Å². The summed E-state index contributed by atoms with van der Waals surface area (Å²) in [6.45, 7) is 0.505. The first kappa shape index (κ1) is 17.6. The number of hydrogen-bond acceptors (Lipinski definition) is 7. The molecule has 0 aromatic rings. The average molecular weight is 239 g/mol. The Bertz CT molecular complexity index is 178. The van der Waals surface area contributed by atoms with Gasteiger partial charge in [0.1, 0.15) is 0 Å². The van der Waals surface area contributed by atoms with Crippen molar-refractivity contribution in [2.75, 3.05) is 26.4 Å². The molecular weight excluding hydrogens is 218 g/mol. The zero-order valence-corrected chi connectivity index (χ0v) is 9.37. The number of hydrogen-bond donors (Lipinski definition) is 5. The Hall–Kier alpha value is -0.800. The SMILES string of the molecule is CCC(N)C[N+](=O)[O-].NC(CO)(CO)CO. The van der Waals surface area contributed by atoms with Gasteiger partial charge in [-0.05, 0) is 6.42 Å². The van der Waals surface area contributed by atoms with E-state index in [9.17, 15) is 10.1 Å². The minimum atomic E-state index is -1.21. The van der Waals surface area contributed by atoms with E-state index < -0.39 is 30.3 Å². The largest absolute Gasteiger partial charge is 0.394 e. The van der Waals surface area contributed by atoms with E-state index in [1.165, 1.54) is 0 Å². The van der Waals surface area contributed by atoms with Gasteiger partial charge in [-0.15, -0.1) is 0 Å². The predicted octanol–water partition coefficient (Wildman–Crippen LogP) is -2.34. The van der Waals surface area contributed by atoms with Crippen LogP contribution in [0.25, 0.3) is 0 Å². The molecule has 8 heteroatoms. The predicted molar refractivity (Wildman–Crippen MR) is 58.3 cm³/mol. The van der Waals surface area contributed by atoms with E-state index in [0.29, 0.717) is 6.42 Å². The third-order valence-electron chi connectivity index (χ3n) is 1.85. The van der Waals surface area contributed by atoms with Crippen LogP contribution in [0, 0.1) is 10.1 Å². The summed E-state index contributed by atoms with van der Waals surface area (Å²) in [5.41, 5.74) is 9.17. The van der Waals surface area contributed by atoms with Crippen LogP contribution in [-0.2, 0) is 0 Å². The van der Waals surface area contributed by atoms with Crippen molar-refractivity contribution in [3.8, 4) is 0 Å². The molecule has 0 amide bonds. The summed E-state index contributed by atoms with van der Waals surface area (Å²) in [4.78, 5) is 9.30. The lowest BCUT2D eigenvalue weighted by Gasteiger charge is -2.20. The van der Waals surface area contributed by atoms with Crippen molar-refractivity contribution >= 4 is 0 Å². The molecule has 0 bridgehead atoms. The number of nitro groups is 1. The quantitative estimate of drug-likeness (QED) is 0.257. The van der Waals surface area contributed by atoms with Crippen LogP contribution in [0.1, 0.15) is 13.3 Å². The normalized spacial score (nSPS) is 12.6. The van der Waals surface area contributed by atoms with Crippen LogP contribution >= 0.6 is 0 Å². The molecule has 98 valence electrons. The van der Waals surface area contributed by atoms with Crippen LogP contribution in [-0.4, -0.2) is 58.2 Å². The van der Waals surface area contributed by atoms with E-state index >= 15 is 0 Å². The molecule has 0 aromatic carbocycles. The topological polar surface area (TPSA) is 156 Å². The fourth-order valence-electron chi connectivity index (χ4n) is 0.471. The standard InChI is InChI=1S/C4H10N2O2.C4H11NO3/c1-2-4(5)3-6(7)8;5-4(1-6,2-7)3-8/h4H,2-3,5H2,1H3;6-8H,1-3,5H2. The third kappa shape index (κ3) is 9.74. The van der Waals surface area contributed by atoms with Crippen molar-refractivity contribution in [1.82, 2.24) is 0 Å². The summed E-state index contributed by atoms with van der Waals surface area (Å²) in [7, 11) is 0. The van der Waals surface area contributed by atoms with Gasteiger partial charge >= 0.3 is 0 Å². The van der Waals surface area contributed by atoms with Crippen LogP contribution < -0.4 is 11.5 Å². The number of aliphatic hydroxyl groups excluding tert-OH is 3. The zero-order chi connectivity index (χ0) is 13.2. The number of nitrogens with two attached hydrogens (primary N) is 2. The molecule has 0 fully saturated rings. The lowest BCUT2D eigenvalue weighted by Crippen LogP contribution is -2.50. The molecule has 1 atom stereocenters. The third-order valence-corrected chi connectivity index (χ3v) is 1.85. The molecule has 0 heterocycles. The molecule has 8 nitrogen and oxygen atoms in total. The Labute approximate surface area is 94.0 Å². The lowest BCUT2D eigenvalue weighted by atomic mass is 10.1. The summed E-state index contributed by atoms with van der Waals surface area (Å²) < 4.78 is 0. The maximum absolute atomic E-state index is 9.69. The van der Waals surface area contributed by atoms with E-state index in [1.54, 1.807) is 0 Å². The molecular formula is C8H21N3O5. The van der Waals surface area contributed by atoms with Crippen molar-refractivity contribution in [2.24, 2.45) is 11.5 Å². The highest BCUT2D eigenvalue weighted by Gasteiger charge is 2.20. The number of nitrogens with zero attached hydrogens (tertiary/aromatic N) is 1. The van der Waals surface area contributed by atoms with Crippen LogP contribution in [0.3, 0.4) is 0 Å². The molecule has 16 heavy (non-hydrogen) atoms. The molecule has 0 rings (SSSR count). The molecule has 0 saturated carbocycles. The Morgan fingerprint density at radius 2 is 1.69 bits per heavy atom. The van der Waals surface area contributed by atoms with Gasteiger partial charge in [0, 0.05) is 4.92 Å². The summed E-state index contributed by atoms with van der Waals surface area (Å²) >= 11 is 0. The highest BCUT2D eigenvalue weighted by atomic mass is 16.6. The molecule has 0 saturated heterocycles. The number of aliphatic hydroxyl groups is 3. The molecule has 0 aromatic heterocycles.